The molecule has 1 saturated heterocycles. The first kappa shape index (κ1) is 13.1. The Labute approximate surface area is 114 Å². The molecule has 0 spiro atoms. The fraction of sp³-hybridized carbons (Fsp3) is 0.538. The fourth-order valence-corrected chi connectivity index (χ4v) is 2.44. The average molecular weight is 271 g/mol. The summed E-state index contributed by atoms with van der Waals surface area (Å²) >= 11 is 10.2. The minimum absolute atomic E-state index is 0.807. The Morgan fingerprint density at radius 1 is 1.06 bits per heavy atom. The van der Waals surface area contributed by atoms with Crippen molar-refractivity contribution in [2.24, 2.45) is 0 Å². The third-order valence-corrected chi connectivity index (χ3v) is 3.76. The largest absolute Gasteiger partial charge is 0.369 e. The topological polar surface area (TPSA) is 6.48 Å². The number of anilines is 1. The molecule has 0 saturated carbocycles. The molecular formula is C13H19ClN2S. The van der Waals surface area contributed by atoms with E-state index in [2.05, 4.69) is 34.6 Å². The van der Waals surface area contributed by atoms with Crippen molar-refractivity contribution >= 4 is 29.9 Å². The monoisotopic (exact) mass is 270 g/mol. The molecule has 1 aromatic rings. The number of rotatable bonds is 4. The van der Waals surface area contributed by atoms with Crippen LogP contribution in [-0.4, -0.2) is 43.4 Å². The third-order valence-electron chi connectivity index (χ3n) is 3.20. The van der Waals surface area contributed by atoms with Gasteiger partial charge in [-0.3, -0.25) is 4.90 Å². The molecule has 0 aromatic heterocycles. The Balaban J connectivity index is 1.84. The van der Waals surface area contributed by atoms with Crippen molar-refractivity contribution in [1.82, 2.24) is 4.90 Å². The molecule has 2 nitrogen and oxygen atoms in total. The highest BCUT2D eigenvalue weighted by Gasteiger charge is 2.16. The Kier molecular flexibility index (Phi) is 5.01. The zero-order valence-corrected chi connectivity index (χ0v) is 11.6. The van der Waals surface area contributed by atoms with Crippen molar-refractivity contribution in [2.45, 2.75) is 6.42 Å². The normalized spacial score (nSPS) is 17.4. The molecule has 1 aliphatic heterocycles. The SMILES string of the molecule is SCCCN1CCN(c2ccc(Cl)cc2)CC1. The summed E-state index contributed by atoms with van der Waals surface area (Å²) in [5.41, 5.74) is 1.28. The van der Waals surface area contributed by atoms with Gasteiger partial charge in [-0.1, -0.05) is 11.6 Å². The van der Waals surface area contributed by atoms with Crippen LogP contribution in [0, 0.1) is 0 Å². The number of nitrogens with zero attached hydrogens (tertiary/aromatic N) is 2. The Morgan fingerprint density at radius 2 is 1.71 bits per heavy atom. The lowest BCUT2D eigenvalue weighted by Crippen LogP contribution is -2.46. The van der Waals surface area contributed by atoms with Gasteiger partial charge in [0.25, 0.3) is 0 Å². The van der Waals surface area contributed by atoms with Crippen LogP contribution < -0.4 is 4.90 Å². The molecule has 0 bridgehead atoms. The van der Waals surface area contributed by atoms with Gasteiger partial charge in [0.05, 0.1) is 0 Å². The molecule has 1 fully saturated rings. The van der Waals surface area contributed by atoms with Gasteiger partial charge >= 0.3 is 0 Å². The molecule has 0 aliphatic carbocycles. The number of hydrogen-bond acceptors (Lipinski definition) is 3. The van der Waals surface area contributed by atoms with E-state index in [9.17, 15) is 0 Å². The first-order valence-corrected chi connectivity index (χ1v) is 7.14. The summed E-state index contributed by atoms with van der Waals surface area (Å²) in [7, 11) is 0. The Hall–Kier alpha value is -0.380. The van der Waals surface area contributed by atoms with Gasteiger partial charge in [0.15, 0.2) is 0 Å². The molecule has 0 unspecified atom stereocenters. The molecule has 17 heavy (non-hydrogen) atoms. The van der Waals surface area contributed by atoms with Crippen molar-refractivity contribution in [2.75, 3.05) is 43.4 Å². The highest BCUT2D eigenvalue weighted by Crippen LogP contribution is 2.19. The molecule has 4 heteroatoms. The molecule has 0 N–H and O–H groups in total. The van der Waals surface area contributed by atoms with Crippen LogP contribution >= 0.6 is 24.2 Å². The van der Waals surface area contributed by atoms with Gasteiger partial charge in [0, 0.05) is 36.9 Å². The van der Waals surface area contributed by atoms with E-state index in [-0.39, 0.29) is 0 Å². The van der Waals surface area contributed by atoms with Crippen LogP contribution in [0.25, 0.3) is 0 Å². The second-order valence-corrected chi connectivity index (χ2v) is 5.27. The summed E-state index contributed by atoms with van der Waals surface area (Å²) in [6.07, 6.45) is 1.18. The minimum Gasteiger partial charge on any atom is -0.369 e. The molecule has 0 amide bonds. The van der Waals surface area contributed by atoms with Gasteiger partial charge in [-0.05, 0) is 43.0 Å². The van der Waals surface area contributed by atoms with Crippen LogP contribution in [0.5, 0.6) is 0 Å². The lowest BCUT2D eigenvalue weighted by Gasteiger charge is -2.36. The lowest BCUT2D eigenvalue weighted by atomic mass is 10.2. The van der Waals surface area contributed by atoms with Gasteiger partial charge in [0.1, 0.15) is 0 Å². The van der Waals surface area contributed by atoms with Crippen LogP contribution in [0.4, 0.5) is 5.69 Å². The van der Waals surface area contributed by atoms with Gasteiger partial charge < -0.3 is 4.90 Å². The molecule has 1 heterocycles. The zero-order chi connectivity index (χ0) is 12.1. The van der Waals surface area contributed by atoms with Gasteiger partial charge in [-0.15, -0.1) is 0 Å². The van der Waals surface area contributed by atoms with Crippen LogP contribution in [0.15, 0.2) is 24.3 Å². The summed E-state index contributed by atoms with van der Waals surface area (Å²) in [6.45, 7) is 5.69. The number of benzene rings is 1. The number of piperazine rings is 1. The van der Waals surface area contributed by atoms with E-state index in [1.54, 1.807) is 0 Å². The zero-order valence-electron chi connectivity index (χ0n) is 9.98. The maximum Gasteiger partial charge on any atom is 0.0407 e. The van der Waals surface area contributed by atoms with Crippen molar-refractivity contribution < 1.29 is 0 Å². The van der Waals surface area contributed by atoms with E-state index >= 15 is 0 Å². The van der Waals surface area contributed by atoms with Crippen molar-refractivity contribution in [3.05, 3.63) is 29.3 Å². The van der Waals surface area contributed by atoms with Crippen LogP contribution in [-0.2, 0) is 0 Å². The summed E-state index contributed by atoms with van der Waals surface area (Å²) < 4.78 is 0. The van der Waals surface area contributed by atoms with Gasteiger partial charge in [-0.2, -0.15) is 12.6 Å². The Bertz CT molecular complexity index is 334. The standard InChI is InChI=1S/C13H19ClN2S/c14-12-2-4-13(5-3-12)16-9-7-15(8-10-16)6-1-11-17/h2-5,17H,1,6-11H2. The van der Waals surface area contributed by atoms with E-state index in [4.69, 9.17) is 11.6 Å². The second kappa shape index (κ2) is 6.53. The maximum atomic E-state index is 5.90. The second-order valence-electron chi connectivity index (χ2n) is 4.38. The van der Waals surface area contributed by atoms with E-state index in [1.807, 2.05) is 12.1 Å². The maximum absolute atomic E-state index is 5.90. The Morgan fingerprint density at radius 3 is 2.29 bits per heavy atom. The van der Waals surface area contributed by atoms with E-state index in [1.165, 1.54) is 18.7 Å². The van der Waals surface area contributed by atoms with E-state index in [0.29, 0.717) is 0 Å². The fourth-order valence-electron chi connectivity index (χ4n) is 2.18. The number of thiol groups is 1. The summed E-state index contributed by atoms with van der Waals surface area (Å²) in [5.74, 6) is 0.984. The molecule has 0 radical (unpaired) electrons. The first-order valence-electron chi connectivity index (χ1n) is 6.13. The van der Waals surface area contributed by atoms with E-state index in [0.717, 1.165) is 37.0 Å². The van der Waals surface area contributed by atoms with Crippen LogP contribution in [0.1, 0.15) is 6.42 Å². The van der Waals surface area contributed by atoms with Gasteiger partial charge in [-0.25, -0.2) is 0 Å². The third kappa shape index (κ3) is 3.80. The predicted octanol–water partition coefficient (Wildman–Crippen LogP) is 2.78. The van der Waals surface area contributed by atoms with Crippen LogP contribution in [0.3, 0.4) is 0 Å². The first-order chi connectivity index (χ1) is 8.29. The smallest absolute Gasteiger partial charge is 0.0407 e. The highest BCUT2D eigenvalue weighted by molar-refractivity contribution is 7.80. The molecule has 0 atom stereocenters. The van der Waals surface area contributed by atoms with Gasteiger partial charge in [0.2, 0.25) is 0 Å². The molecule has 1 aliphatic rings. The molecular weight excluding hydrogens is 252 g/mol. The highest BCUT2D eigenvalue weighted by atomic mass is 35.5. The van der Waals surface area contributed by atoms with Crippen molar-refractivity contribution in [3.63, 3.8) is 0 Å². The molecule has 2 rings (SSSR count). The quantitative estimate of drug-likeness (QED) is 0.841. The van der Waals surface area contributed by atoms with E-state index < -0.39 is 0 Å². The van der Waals surface area contributed by atoms with Crippen molar-refractivity contribution in [3.8, 4) is 0 Å². The average Bonchev–Trinajstić information content (AvgIpc) is 2.38. The predicted molar refractivity (Wildman–Crippen MR) is 78.6 cm³/mol. The molecule has 94 valence electrons. The summed E-state index contributed by atoms with van der Waals surface area (Å²) in [4.78, 5) is 4.94. The van der Waals surface area contributed by atoms with Crippen LogP contribution in [0.2, 0.25) is 5.02 Å². The lowest BCUT2D eigenvalue weighted by molar-refractivity contribution is 0.259. The number of halogens is 1. The summed E-state index contributed by atoms with van der Waals surface area (Å²) in [5, 5.41) is 0.807. The van der Waals surface area contributed by atoms with Crippen molar-refractivity contribution in [1.29, 1.82) is 0 Å². The summed E-state index contributed by atoms with van der Waals surface area (Å²) in [6, 6.07) is 8.13. The molecule has 1 aromatic carbocycles. The number of hydrogen-bond donors (Lipinski definition) is 1. The minimum atomic E-state index is 0.807.